The minimum atomic E-state index is 0.0771. The average molecular weight is 338 g/mol. The van der Waals surface area contributed by atoms with Crippen molar-refractivity contribution < 1.29 is 4.79 Å². The molecule has 0 atom stereocenters. The van der Waals surface area contributed by atoms with E-state index in [9.17, 15) is 4.79 Å². The first-order valence-corrected chi connectivity index (χ1v) is 9.02. The molecule has 1 aromatic carbocycles. The van der Waals surface area contributed by atoms with Crippen molar-refractivity contribution in [3.63, 3.8) is 0 Å². The molecule has 0 saturated heterocycles. The summed E-state index contributed by atoms with van der Waals surface area (Å²) in [4.78, 5) is 14.8. The molecule has 124 valence electrons. The summed E-state index contributed by atoms with van der Waals surface area (Å²) in [6.45, 7) is 4.28. The Hall–Kier alpha value is -2.33. The van der Waals surface area contributed by atoms with Gasteiger partial charge in [-0.1, -0.05) is 0 Å². The first-order chi connectivity index (χ1) is 11.6. The molecule has 0 unspecified atom stereocenters. The minimum Gasteiger partial charge on any atom is -0.326 e. The summed E-state index contributed by atoms with van der Waals surface area (Å²) in [5.74, 6) is 0.0771. The minimum absolute atomic E-state index is 0.0771. The maximum absolute atomic E-state index is 12.1. The van der Waals surface area contributed by atoms with E-state index >= 15 is 0 Å². The fourth-order valence-electron chi connectivity index (χ4n) is 2.82. The van der Waals surface area contributed by atoms with E-state index in [1.54, 1.807) is 0 Å². The molecule has 1 N–H and O–H groups in total. The highest BCUT2D eigenvalue weighted by molar-refractivity contribution is 7.12. The largest absolute Gasteiger partial charge is 0.326 e. The van der Waals surface area contributed by atoms with Crippen LogP contribution in [0.3, 0.4) is 0 Å². The number of aromatic nitrogens is 1. The molecule has 0 radical (unpaired) electrons. The number of hydrogen-bond acceptors (Lipinski definition) is 2. The highest BCUT2D eigenvalue weighted by atomic mass is 32.1. The van der Waals surface area contributed by atoms with E-state index in [0.717, 1.165) is 24.2 Å². The summed E-state index contributed by atoms with van der Waals surface area (Å²) in [5, 5.41) is 2.97. The Kier molecular flexibility index (Phi) is 5.16. The molecule has 0 aliphatic carbocycles. The number of aryl methyl sites for hydroxylation is 3. The van der Waals surface area contributed by atoms with Crippen LogP contribution in [0.25, 0.3) is 5.69 Å². The number of thiophene rings is 1. The first-order valence-electron chi connectivity index (χ1n) is 8.21. The highest BCUT2D eigenvalue weighted by Crippen LogP contribution is 2.22. The second-order valence-corrected chi connectivity index (χ2v) is 7.44. The number of amides is 1. The lowest BCUT2D eigenvalue weighted by atomic mass is 10.1. The topological polar surface area (TPSA) is 34.0 Å². The third-order valence-electron chi connectivity index (χ3n) is 4.05. The van der Waals surface area contributed by atoms with E-state index in [2.05, 4.69) is 25.2 Å². The van der Waals surface area contributed by atoms with E-state index in [1.807, 2.05) is 64.7 Å². The molecule has 4 heteroatoms. The second-order valence-electron chi connectivity index (χ2n) is 5.98. The summed E-state index contributed by atoms with van der Waals surface area (Å²) < 4.78 is 2.04. The van der Waals surface area contributed by atoms with Crippen molar-refractivity contribution >= 4 is 22.9 Å². The number of nitrogens with one attached hydrogen (secondary N) is 1. The van der Waals surface area contributed by atoms with Gasteiger partial charge >= 0.3 is 0 Å². The lowest BCUT2D eigenvalue weighted by Gasteiger charge is -2.07. The maximum atomic E-state index is 12.1. The molecular weight excluding hydrogens is 316 g/mol. The second kappa shape index (κ2) is 7.49. The number of carbonyl (C=O) groups is 1. The van der Waals surface area contributed by atoms with Crippen LogP contribution in [0.5, 0.6) is 0 Å². The van der Waals surface area contributed by atoms with Crippen LogP contribution in [0.1, 0.15) is 28.2 Å². The van der Waals surface area contributed by atoms with Gasteiger partial charge in [-0.15, -0.1) is 11.3 Å². The van der Waals surface area contributed by atoms with Crippen molar-refractivity contribution in [3.05, 3.63) is 70.2 Å². The van der Waals surface area contributed by atoms with Crippen LogP contribution in [-0.2, 0) is 11.2 Å². The summed E-state index contributed by atoms with van der Waals surface area (Å²) in [6.07, 6.45) is 6.40. The van der Waals surface area contributed by atoms with Gasteiger partial charge in [-0.05, 0) is 74.7 Å². The van der Waals surface area contributed by atoms with E-state index in [1.165, 1.54) is 15.3 Å². The molecule has 0 aliphatic heterocycles. The van der Waals surface area contributed by atoms with Crippen molar-refractivity contribution in [1.29, 1.82) is 0 Å². The van der Waals surface area contributed by atoms with Gasteiger partial charge in [-0.3, -0.25) is 4.79 Å². The molecule has 2 heterocycles. The monoisotopic (exact) mass is 338 g/mol. The third-order valence-corrected chi connectivity index (χ3v) is 5.06. The predicted molar refractivity (Wildman–Crippen MR) is 101 cm³/mol. The summed E-state index contributed by atoms with van der Waals surface area (Å²) >= 11 is 1.83. The summed E-state index contributed by atoms with van der Waals surface area (Å²) in [6, 6.07) is 14.1. The van der Waals surface area contributed by atoms with Gasteiger partial charge in [0.25, 0.3) is 0 Å². The van der Waals surface area contributed by atoms with Crippen molar-refractivity contribution in [2.45, 2.75) is 33.1 Å². The average Bonchev–Trinajstić information content (AvgIpc) is 3.18. The van der Waals surface area contributed by atoms with Gasteiger partial charge in [-0.25, -0.2) is 0 Å². The molecule has 1 amide bonds. The van der Waals surface area contributed by atoms with Gasteiger partial charge in [-0.2, -0.15) is 0 Å². The number of anilines is 1. The maximum Gasteiger partial charge on any atom is 0.224 e. The van der Waals surface area contributed by atoms with Crippen molar-refractivity contribution in [2.24, 2.45) is 0 Å². The fourth-order valence-corrected chi connectivity index (χ4v) is 3.79. The highest BCUT2D eigenvalue weighted by Gasteiger charge is 2.06. The Labute approximate surface area is 147 Å². The normalized spacial score (nSPS) is 10.8. The lowest BCUT2D eigenvalue weighted by Crippen LogP contribution is -2.11. The summed E-state index contributed by atoms with van der Waals surface area (Å²) in [7, 11) is 0. The van der Waals surface area contributed by atoms with Gasteiger partial charge < -0.3 is 9.88 Å². The van der Waals surface area contributed by atoms with Gasteiger partial charge in [0.15, 0.2) is 0 Å². The number of benzene rings is 1. The molecule has 24 heavy (non-hydrogen) atoms. The molecule has 0 spiro atoms. The SMILES string of the molecule is Cc1cc(CCCC(=O)Nc2ccc(-n3cccc3)cc2)c(C)s1. The zero-order chi connectivity index (χ0) is 16.9. The van der Waals surface area contributed by atoms with Crippen LogP contribution in [0.2, 0.25) is 0 Å². The molecule has 3 nitrogen and oxygen atoms in total. The fraction of sp³-hybridized carbons (Fsp3) is 0.250. The third kappa shape index (κ3) is 4.15. The van der Waals surface area contributed by atoms with Gasteiger partial charge in [0.05, 0.1) is 0 Å². The predicted octanol–water partition coefficient (Wildman–Crippen LogP) is 5.12. The van der Waals surface area contributed by atoms with Crippen molar-refractivity contribution in [2.75, 3.05) is 5.32 Å². The molecule has 3 aromatic rings. The Balaban J connectivity index is 1.49. The van der Waals surface area contributed by atoms with E-state index < -0.39 is 0 Å². The van der Waals surface area contributed by atoms with Crippen LogP contribution >= 0.6 is 11.3 Å². The lowest BCUT2D eigenvalue weighted by molar-refractivity contribution is -0.116. The Bertz CT molecular complexity index is 801. The molecule has 0 saturated carbocycles. The number of rotatable bonds is 6. The van der Waals surface area contributed by atoms with Gasteiger partial charge in [0.1, 0.15) is 0 Å². The first kappa shape index (κ1) is 16.5. The van der Waals surface area contributed by atoms with Crippen molar-refractivity contribution in [3.8, 4) is 5.69 Å². The Morgan fingerprint density at radius 1 is 1.12 bits per heavy atom. The quantitative estimate of drug-likeness (QED) is 0.665. The number of hydrogen-bond donors (Lipinski definition) is 1. The van der Waals surface area contributed by atoms with Crippen LogP contribution in [-0.4, -0.2) is 10.5 Å². The molecule has 0 fully saturated rings. The van der Waals surface area contributed by atoms with Crippen LogP contribution in [0, 0.1) is 13.8 Å². The zero-order valence-corrected chi connectivity index (χ0v) is 14.9. The Morgan fingerprint density at radius 2 is 1.83 bits per heavy atom. The van der Waals surface area contributed by atoms with E-state index in [0.29, 0.717) is 6.42 Å². The summed E-state index contributed by atoms with van der Waals surface area (Å²) in [5.41, 5.74) is 3.31. The molecule has 0 bridgehead atoms. The number of nitrogens with zero attached hydrogens (tertiary/aromatic N) is 1. The van der Waals surface area contributed by atoms with Gasteiger partial charge in [0.2, 0.25) is 5.91 Å². The zero-order valence-electron chi connectivity index (χ0n) is 14.1. The van der Waals surface area contributed by atoms with Crippen molar-refractivity contribution in [1.82, 2.24) is 4.57 Å². The molecule has 0 aliphatic rings. The Morgan fingerprint density at radius 3 is 2.46 bits per heavy atom. The van der Waals surface area contributed by atoms with E-state index in [4.69, 9.17) is 0 Å². The van der Waals surface area contributed by atoms with Crippen LogP contribution < -0.4 is 5.32 Å². The smallest absolute Gasteiger partial charge is 0.224 e. The van der Waals surface area contributed by atoms with E-state index in [-0.39, 0.29) is 5.91 Å². The van der Waals surface area contributed by atoms with Crippen LogP contribution in [0.4, 0.5) is 5.69 Å². The van der Waals surface area contributed by atoms with Crippen LogP contribution in [0.15, 0.2) is 54.9 Å². The molecule has 3 rings (SSSR count). The molecule has 2 aromatic heterocycles. The number of carbonyl (C=O) groups excluding carboxylic acids is 1. The van der Waals surface area contributed by atoms with Gasteiger partial charge in [0, 0.05) is 39.9 Å². The standard InChI is InChI=1S/C20H22N2OS/c1-15-14-17(16(2)24-15)6-5-7-20(23)21-18-8-10-19(11-9-18)22-12-3-4-13-22/h3-4,8-14H,5-7H2,1-2H3,(H,21,23). The molecular formula is C20H22N2OS.